The molecule has 1 aromatic carbocycles. The number of hydrogen-bond acceptors (Lipinski definition) is 7. The summed E-state index contributed by atoms with van der Waals surface area (Å²) in [5, 5.41) is 14.3. The fourth-order valence-electron chi connectivity index (χ4n) is 3.25. The largest absolute Gasteiger partial charge is 0.477 e. The third-order valence-corrected chi connectivity index (χ3v) is 5.54. The molecule has 0 saturated carbocycles. The highest BCUT2D eigenvalue weighted by molar-refractivity contribution is 7.14. The molecule has 0 aliphatic rings. The van der Waals surface area contributed by atoms with Crippen molar-refractivity contribution in [2.75, 3.05) is 18.4 Å². The average Bonchev–Trinajstić information content (AvgIpc) is 3.36. The fourth-order valence-corrected chi connectivity index (χ4v) is 3.93. The lowest BCUT2D eigenvalue weighted by atomic mass is 10.0. The van der Waals surface area contributed by atoms with E-state index in [1.165, 1.54) is 5.38 Å². The van der Waals surface area contributed by atoms with Crippen LogP contribution in [0.15, 0.2) is 23.6 Å². The van der Waals surface area contributed by atoms with E-state index in [4.69, 9.17) is 11.5 Å². The van der Waals surface area contributed by atoms with Crippen molar-refractivity contribution in [2.24, 2.45) is 11.5 Å². The van der Waals surface area contributed by atoms with E-state index in [9.17, 15) is 24.3 Å². The number of aromatic amines is 1. The van der Waals surface area contributed by atoms with Gasteiger partial charge in [-0.1, -0.05) is 0 Å². The minimum absolute atomic E-state index is 0.0118. The molecule has 4 amide bonds. The molecular formula is C20H22N6O5S. The maximum Gasteiger partial charge on any atom is 0.352 e. The number of nitrogens with zero attached hydrogens (tertiary/aromatic N) is 2. The maximum atomic E-state index is 12.7. The molecule has 0 bridgehead atoms. The molecule has 0 unspecified atom stereocenters. The molecule has 0 saturated heterocycles. The number of amides is 4. The number of carbonyl (C=O) groups excluding carboxylic acids is 3. The fraction of sp³-hybridized carbons (Fsp3) is 0.250. The Labute approximate surface area is 186 Å². The van der Waals surface area contributed by atoms with Crippen molar-refractivity contribution >= 4 is 51.2 Å². The summed E-state index contributed by atoms with van der Waals surface area (Å²) in [6.07, 6.45) is 1.05. The van der Waals surface area contributed by atoms with Gasteiger partial charge in [0.2, 0.25) is 0 Å². The standard InChI is InChI=1S/C20H22N6O5S/c1-2-26(19(22)31)17(28)14-9-32-20(24-14)25-16(27)10-5-6-13-12(8-10)11(4-3-7-21)15(23-13)18(29)30/h5-6,8-9,23H,2-4,7,21H2,1H3,(H2,22,31)(H,29,30)(H,24,25,27). The van der Waals surface area contributed by atoms with Crippen LogP contribution >= 0.6 is 11.3 Å². The number of urea groups is 1. The molecule has 0 radical (unpaired) electrons. The maximum absolute atomic E-state index is 12.7. The van der Waals surface area contributed by atoms with Crippen molar-refractivity contribution in [1.82, 2.24) is 14.9 Å². The molecule has 3 aromatic rings. The first-order valence-corrected chi connectivity index (χ1v) is 10.6. The monoisotopic (exact) mass is 458 g/mol. The second kappa shape index (κ2) is 9.58. The number of aryl methyl sites for hydroxylation is 1. The van der Waals surface area contributed by atoms with E-state index in [2.05, 4.69) is 15.3 Å². The predicted octanol–water partition coefficient (Wildman–Crippen LogP) is 2.01. The lowest BCUT2D eigenvalue weighted by Crippen LogP contribution is -2.40. The van der Waals surface area contributed by atoms with Gasteiger partial charge in [-0.15, -0.1) is 11.3 Å². The molecule has 0 aliphatic carbocycles. The Balaban J connectivity index is 1.85. The van der Waals surface area contributed by atoms with E-state index in [1.54, 1.807) is 25.1 Å². The highest BCUT2D eigenvalue weighted by Crippen LogP contribution is 2.26. The molecule has 3 rings (SSSR count). The Kier molecular flexibility index (Phi) is 6.85. The van der Waals surface area contributed by atoms with E-state index in [0.29, 0.717) is 35.9 Å². The number of carboxylic acid groups (broad SMARTS) is 1. The average molecular weight is 459 g/mol. The minimum Gasteiger partial charge on any atom is -0.477 e. The lowest BCUT2D eigenvalue weighted by Gasteiger charge is -2.14. The Bertz CT molecular complexity index is 1200. The number of carboxylic acids is 1. The number of aromatic nitrogens is 2. The first-order valence-electron chi connectivity index (χ1n) is 9.72. The first kappa shape index (κ1) is 22.9. The molecule has 0 fully saturated rings. The quantitative estimate of drug-likeness (QED) is 0.341. The Hall–Kier alpha value is -3.77. The van der Waals surface area contributed by atoms with Gasteiger partial charge in [0, 0.05) is 28.4 Å². The van der Waals surface area contributed by atoms with Crippen LogP contribution in [0.25, 0.3) is 10.9 Å². The first-order chi connectivity index (χ1) is 15.3. The van der Waals surface area contributed by atoms with Gasteiger partial charge in [0.25, 0.3) is 11.8 Å². The minimum atomic E-state index is -1.09. The summed E-state index contributed by atoms with van der Waals surface area (Å²) in [6.45, 7) is 2.10. The van der Waals surface area contributed by atoms with Crippen LogP contribution in [-0.4, -0.2) is 56.9 Å². The molecule has 2 heterocycles. The molecule has 11 nitrogen and oxygen atoms in total. The number of primary amides is 1. The summed E-state index contributed by atoms with van der Waals surface area (Å²) in [5.41, 5.74) is 12.3. The van der Waals surface area contributed by atoms with E-state index in [1.807, 2.05) is 0 Å². The van der Waals surface area contributed by atoms with Crippen LogP contribution in [0.5, 0.6) is 0 Å². The normalized spacial score (nSPS) is 10.8. The third kappa shape index (κ3) is 4.60. The van der Waals surface area contributed by atoms with Crippen molar-refractivity contribution < 1.29 is 24.3 Å². The topological polar surface area (TPSA) is 184 Å². The smallest absolute Gasteiger partial charge is 0.352 e. The van der Waals surface area contributed by atoms with Crippen molar-refractivity contribution in [2.45, 2.75) is 19.8 Å². The van der Waals surface area contributed by atoms with Gasteiger partial charge in [0.05, 0.1) is 0 Å². The summed E-state index contributed by atoms with van der Waals surface area (Å²) in [4.78, 5) is 55.7. The van der Waals surface area contributed by atoms with Crippen molar-refractivity contribution in [3.63, 3.8) is 0 Å². The van der Waals surface area contributed by atoms with Gasteiger partial charge in [-0.25, -0.2) is 14.6 Å². The van der Waals surface area contributed by atoms with Gasteiger partial charge in [0.1, 0.15) is 11.4 Å². The van der Waals surface area contributed by atoms with Crippen LogP contribution in [0.2, 0.25) is 0 Å². The van der Waals surface area contributed by atoms with Crippen molar-refractivity contribution in [3.05, 3.63) is 46.1 Å². The van der Waals surface area contributed by atoms with Gasteiger partial charge in [-0.2, -0.15) is 0 Å². The van der Waals surface area contributed by atoms with Gasteiger partial charge in [0.15, 0.2) is 5.13 Å². The number of nitrogens with two attached hydrogens (primary N) is 2. The van der Waals surface area contributed by atoms with Crippen LogP contribution < -0.4 is 16.8 Å². The van der Waals surface area contributed by atoms with Crippen LogP contribution in [-0.2, 0) is 6.42 Å². The van der Waals surface area contributed by atoms with E-state index < -0.39 is 23.8 Å². The zero-order valence-electron chi connectivity index (χ0n) is 17.2. The molecular weight excluding hydrogens is 436 g/mol. The number of rotatable bonds is 8. The van der Waals surface area contributed by atoms with Crippen LogP contribution in [0.3, 0.4) is 0 Å². The van der Waals surface area contributed by atoms with Crippen LogP contribution in [0, 0.1) is 0 Å². The Morgan fingerprint density at radius 2 is 2.03 bits per heavy atom. The number of carbonyl (C=O) groups is 4. The predicted molar refractivity (Wildman–Crippen MR) is 119 cm³/mol. The molecule has 2 aromatic heterocycles. The number of nitrogens with one attached hydrogen (secondary N) is 2. The second-order valence-corrected chi connectivity index (χ2v) is 7.67. The number of imide groups is 1. The molecule has 32 heavy (non-hydrogen) atoms. The number of H-pyrrole nitrogens is 1. The van der Waals surface area contributed by atoms with E-state index >= 15 is 0 Å². The zero-order valence-corrected chi connectivity index (χ0v) is 18.0. The van der Waals surface area contributed by atoms with Gasteiger partial charge in [-0.05, 0) is 50.1 Å². The number of fused-ring (bicyclic) bond motifs is 1. The molecule has 0 atom stereocenters. The highest BCUT2D eigenvalue weighted by Gasteiger charge is 2.22. The van der Waals surface area contributed by atoms with Gasteiger partial charge in [-0.3, -0.25) is 19.8 Å². The molecule has 168 valence electrons. The number of anilines is 1. The second-order valence-electron chi connectivity index (χ2n) is 6.82. The summed E-state index contributed by atoms with van der Waals surface area (Å²) in [6, 6.07) is 3.90. The molecule has 0 spiro atoms. The highest BCUT2D eigenvalue weighted by atomic mass is 32.1. The lowest BCUT2D eigenvalue weighted by molar-refractivity contribution is 0.0689. The van der Waals surface area contributed by atoms with Crippen LogP contribution in [0.4, 0.5) is 9.93 Å². The molecule has 0 aliphatic heterocycles. The SMILES string of the molecule is CCN(C(N)=O)C(=O)c1csc(NC(=O)c2ccc3[nH]c(C(=O)O)c(CCCN)c3c2)n1. The van der Waals surface area contributed by atoms with Crippen molar-refractivity contribution in [3.8, 4) is 0 Å². The number of aromatic carboxylic acids is 1. The molecule has 12 heteroatoms. The molecule has 7 N–H and O–H groups in total. The van der Waals surface area contributed by atoms with Gasteiger partial charge < -0.3 is 21.6 Å². The van der Waals surface area contributed by atoms with Crippen molar-refractivity contribution in [1.29, 1.82) is 0 Å². The third-order valence-electron chi connectivity index (χ3n) is 4.78. The van der Waals surface area contributed by atoms with E-state index in [0.717, 1.165) is 16.2 Å². The zero-order chi connectivity index (χ0) is 23.4. The van der Waals surface area contributed by atoms with Crippen LogP contribution in [0.1, 0.15) is 50.2 Å². The Morgan fingerprint density at radius 1 is 1.28 bits per heavy atom. The summed E-state index contributed by atoms with van der Waals surface area (Å²) < 4.78 is 0. The summed E-state index contributed by atoms with van der Waals surface area (Å²) in [7, 11) is 0. The number of benzene rings is 1. The summed E-state index contributed by atoms with van der Waals surface area (Å²) in [5.74, 6) is -2.22. The van der Waals surface area contributed by atoms with Gasteiger partial charge >= 0.3 is 12.0 Å². The summed E-state index contributed by atoms with van der Waals surface area (Å²) >= 11 is 1.03. The number of thiazole rings is 1. The number of hydrogen-bond donors (Lipinski definition) is 5. The van der Waals surface area contributed by atoms with E-state index in [-0.39, 0.29) is 28.6 Å². The Morgan fingerprint density at radius 3 is 2.66 bits per heavy atom.